The number of benzene rings is 2. The predicted octanol–water partition coefficient (Wildman–Crippen LogP) is 3.21. The summed E-state index contributed by atoms with van der Waals surface area (Å²) in [5.74, 6) is -1.32. The van der Waals surface area contributed by atoms with Gasteiger partial charge >= 0.3 is 0 Å². The molecular formula is C13H10BrF2NO2S. The average Bonchev–Trinajstić information content (AvgIpc) is 2.36. The Bertz CT molecular complexity index is 735. The van der Waals surface area contributed by atoms with Gasteiger partial charge < -0.3 is 0 Å². The van der Waals surface area contributed by atoms with E-state index in [0.717, 1.165) is 12.1 Å². The molecule has 0 fully saturated rings. The van der Waals surface area contributed by atoms with Crippen molar-refractivity contribution in [3.63, 3.8) is 0 Å². The Morgan fingerprint density at radius 2 is 1.85 bits per heavy atom. The van der Waals surface area contributed by atoms with Crippen LogP contribution in [0.15, 0.2) is 51.8 Å². The Kier molecular flexibility index (Phi) is 4.52. The first-order valence-corrected chi connectivity index (χ1v) is 7.85. The fourth-order valence-corrected chi connectivity index (χ4v) is 3.00. The summed E-state index contributed by atoms with van der Waals surface area (Å²) in [6.45, 7) is -0.115. The third kappa shape index (κ3) is 3.62. The van der Waals surface area contributed by atoms with E-state index in [-0.39, 0.29) is 6.54 Å². The molecule has 0 unspecified atom stereocenters. The molecule has 2 aromatic rings. The van der Waals surface area contributed by atoms with Crippen LogP contribution >= 0.6 is 15.9 Å². The molecule has 0 atom stereocenters. The van der Waals surface area contributed by atoms with Gasteiger partial charge in [0, 0.05) is 11.0 Å². The molecule has 0 aromatic heterocycles. The highest BCUT2D eigenvalue weighted by Crippen LogP contribution is 2.19. The van der Waals surface area contributed by atoms with Gasteiger partial charge in [-0.1, -0.05) is 28.1 Å². The molecule has 106 valence electrons. The van der Waals surface area contributed by atoms with Crippen LogP contribution in [0.3, 0.4) is 0 Å². The van der Waals surface area contributed by atoms with E-state index in [9.17, 15) is 17.2 Å². The minimum atomic E-state index is -3.99. The van der Waals surface area contributed by atoms with Crippen molar-refractivity contribution in [3.8, 4) is 0 Å². The number of halogens is 3. The monoisotopic (exact) mass is 361 g/mol. The van der Waals surface area contributed by atoms with E-state index in [1.54, 1.807) is 6.07 Å². The van der Waals surface area contributed by atoms with E-state index in [4.69, 9.17) is 0 Å². The van der Waals surface area contributed by atoms with Crippen molar-refractivity contribution in [3.05, 3.63) is 64.1 Å². The van der Waals surface area contributed by atoms with Crippen molar-refractivity contribution in [2.45, 2.75) is 11.4 Å². The maximum atomic E-state index is 13.6. The van der Waals surface area contributed by atoms with E-state index < -0.39 is 26.6 Å². The van der Waals surface area contributed by atoms with Gasteiger partial charge in [-0.05, 0) is 35.9 Å². The molecule has 2 rings (SSSR count). The summed E-state index contributed by atoms with van der Waals surface area (Å²) < 4.78 is 53.2. The van der Waals surface area contributed by atoms with Gasteiger partial charge in [0.05, 0.1) is 0 Å². The van der Waals surface area contributed by atoms with Gasteiger partial charge in [-0.25, -0.2) is 21.9 Å². The number of hydrogen-bond donors (Lipinski definition) is 1. The van der Waals surface area contributed by atoms with E-state index in [1.807, 2.05) is 0 Å². The van der Waals surface area contributed by atoms with Crippen LogP contribution in [0.5, 0.6) is 0 Å². The Balaban J connectivity index is 2.19. The largest absolute Gasteiger partial charge is 0.243 e. The number of hydrogen-bond acceptors (Lipinski definition) is 2. The second-order valence-corrected chi connectivity index (χ2v) is 6.68. The molecule has 0 spiro atoms. The van der Waals surface area contributed by atoms with Crippen LogP contribution < -0.4 is 4.72 Å². The van der Waals surface area contributed by atoms with E-state index in [2.05, 4.69) is 20.7 Å². The van der Waals surface area contributed by atoms with E-state index in [0.29, 0.717) is 10.0 Å². The van der Waals surface area contributed by atoms with Crippen molar-refractivity contribution in [2.75, 3.05) is 0 Å². The SMILES string of the molecule is O=S(=O)(NCc1cccc(F)c1)c1ccc(Br)cc1F. The third-order valence-electron chi connectivity index (χ3n) is 2.54. The molecule has 2 aromatic carbocycles. The summed E-state index contributed by atoms with van der Waals surface area (Å²) in [6, 6.07) is 9.17. The first-order chi connectivity index (χ1) is 9.38. The van der Waals surface area contributed by atoms with Crippen molar-refractivity contribution in [1.29, 1.82) is 0 Å². The summed E-state index contributed by atoms with van der Waals surface area (Å²) in [4.78, 5) is -0.447. The second kappa shape index (κ2) is 5.99. The zero-order valence-electron chi connectivity index (χ0n) is 10.1. The lowest BCUT2D eigenvalue weighted by Crippen LogP contribution is -2.24. The fourth-order valence-electron chi connectivity index (χ4n) is 1.60. The van der Waals surface area contributed by atoms with Crippen molar-refractivity contribution < 1.29 is 17.2 Å². The maximum Gasteiger partial charge on any atom is 0.243 e. The number of sulfonamides is 1. The average molecular weight is 362 g/mol. The first-order valence-electron chi connectivity index (χ1n) is 5.58. The lowest BCUT2D eigenvalue weighted by atomic mass is 10.2. The molecule has 3 nitrogen and oxygen atoms in total. The van der Waals surface area contributed by atoms with Gasteiger partial charge in [0.2, 0.25) is 10.0 Å². The van der Waals surface area contributed by atoms with Gasteiger partial charge in [-0.2, -0.15) is 0 Å². The van der Waals surface area contributed by atoms with Gasteiger partial charge in [0.25, 0.3) is 0 Å². The lowest BCUT2D eigenvalue weighted by Gasteiger charge is -2.08. The maximum absolute atomic E-state index is 13.6. The summed E-state index contributed by atoms with van der Waals surface area (Å²) in [5, 5.41) is 0. The van der Waals surface area contributed by atoms with Crippen molar-refractivity contribution >= 4 is 26.0 Å². The lowest BCUT2D eigenvalue weighted by molar-refractivity contribution is 0.556. The zero-order valence-corrected chi connectivity index (χ0v) is 12.5. The molecule has 0 radical (unpaired) electrons. The van der Waals surface area contributed by atoms with Crippen LogP contribution in [0, 0.1) is 11.6 Å². The van der Waals surface area contributed by atoms with Crippen LogP contribution in [0.4, 0.5) is 8.78 Å². The van der Waals surface area contributed by atoms with Crippen LogP contribution in [-0.4, -0.2) is 8.42 Å². The highest BCUT2D eigenvalue weighted by atomic mass is 79.9. The topological polar surface area (TPSA) is 46.2 Å². The van der Waals surface area contributed by atoms with Gasteiger partial charge in [0.15, 0.2) is 0 Å². The Morgan fingerprint density at radius 1 is 1.10 bits per heavy atom. The third-order valence-corrected chi connectivity index (χ3v) is 4.47. The summed E-state index contributed by atoms with van der Waals surface area (Å²) >= 11 is 3.05. The molecule has 1 N–H and O–H groups in total. The molecule has 0 aliphatic heterocycles. The molecule has 0 amide bonds. The normalized spacial score (nSPS) is 11.6. The summed E-state index contributed by atoms with van der Waals surface area (Å²) in [6.07, 6.45) is 0. The van der Waals surface area contributed by atoms with Gasteiger partial charge in [0.1, 0.15) is 16.5 Å². The predicted molar refractivity (Wildman–Crippen MR) is 74.5 cm³/mol. The molecule has 7 heteroatoms. The fraction of sp³-hybridized carbons (Fsp3) is 0.0769. The van der Waals surface area contributed by atoms with Crippen LogP contribution in [0.25, 0.3) is 0 Å². The smallest absolute Gasteiger partial charge is 0.207 e. The summed E-state index contributed by atoms with van der Waals surface area (Å²) in [7, 11) is -3.99. The van der Waals surface area contributed by atoms with Crippen molar-refractivity contribution in [1.82, 2.24) is 4.72 Å². The van der Waals surface area contributed by atoms with Gasteiger partial charge in [-0.3, -0.25) is 0 Å². The molecule has 0 saturated heterocycles. The molecule has 0 aliphatic carbocycles. The highest BCUT2D eigenvalue weighted by Gasteiger charge is 2.18. The van der Waals surface area contributed by atoms with Crippen LogP contribution in [0.1, 0.15) is 5.56 Å². The molecule has 0 saturated carbocycles. The molecule has 20 heavy (non-hydrogen) atoms. The van der Waals surface area contributed by atoms with Crippen LogP contribution in [-0.2, 0) is 16.6 Å². The highest BCUT2D eigenvalue weighted by molar-refractivity contribution is 9.10. The zero-order chi connectivity index (χ0) is 14.8. The minimum absolute atomic E-state index is 0.115. The molecule has 0 aliphatic rings. The standard InChI is InChI=1S/C13H10BrF2NO2S/c14-10-4-5-13(12(16)7-10)20(18,19)17-8-9-2-1-3-11(15)6-9/h1-7,17H,8H2. The van der Waals surface area contributed by atoms with E-state index in [1.165, 1.54) is 24.3 Å². The Hall–Kier alpha value is -1.31. The summed E-state index contributed by atoms with van der Waals surface area (Å²) in [5.41, 5.74) is 0.450. The Morgan fingerprint density at radius 3 is 2.50 bits per heavy atom. The Labute approximate surface area is 123 Å². The van der Waals surface area contributed by atoms with Gasteiger partial charge in [-0.15, -0.1) is 0 Å². The quantitative estimate of drug-likeness (QED) is 0.908. The molecular weight excluding hydrogens is 352 g/mol. The minimum Gasteiger partial charge on any atom is -0.207 e. The van der Waals surface area contributed by atoms with Crippen molar-refractivity contribution in [2.24, 2.45) is 0 Å². The van der Waals surface area contributed by atoms with E-state index >= 15 is 0 Å². The second-order valence-electron chi connectivity index (χ2n) is 4.03. The molecule has 0 heterocycles. The molecule has 0 bridgehead atoms. The first kappa shape index (κ1) is 15.1. The van der Waals surface area contributed by atoms with Crippen LogP contribution in [0.2, 0.25) is 0 Å². The number of rotatable bonds is 4. The number of nitrogens with one attached hydrogen (secondary N) is 1.